The zero-order chi connectivity index (χ0) is 17.8. The molecule has 0 aliphatic heterocycles. The molecule has 7 heteroatoms. The molecule has 0 atom stereocenters. The SMILES string of the molecule is Cc1ccc2cccc(NC(=O)NCCc3nc(C(C)C)no3)c2n1. The van der Waals surface area contributed by atoms with E-state index in [1.807, 2.05) is 51.1 Å². The molecule has 0 unspecified atom stereocenters. The van der Waals surface area contributed by atoms with Gasteiger partial charge in [0.1, 0.15) is 0 Å². The largest absolute Gasteiger partial charge is 0.339 e. The highest BCUT2D eigenvalue weighted by atomic mass is 16.5. The summed E-state index contributed by atoms with van der Waals surface area (Å²) in [6, 6.07) is 9.33. The Morgan fingerprint density at radius 3 is 2.80 bits per heavy atom. The van der Waals surface area contributed by atoms with Gasteiger partial charge in [-0.15, -0.1) is 0 Å². The molecule has 0 spiro atoms. The highest BCUT2D eigenvalue weighted by molar-refractivity contribution is 5.99. The summed E-state index contributed by atoms with van der Waals surface area (Å²) in [7, 11) is 0. The molecule has 7 nitrogen and oxygen atoms in total. The van der Waals surface area contributed by atoms with Gasteiger partial charge in [-0.3, -0.25) is 4.98 Å². The summed E-state index contributed by atoms with van der Waals surface area (Å²) in [5.74, 6) is 1.42. The van der Waals surface area contributed by atoms with Crippen LogP contribution in [0.1, 0.15) is 37.2 Å². The standard InChI is InChI=1S/C18H21N5O2/c1-11(2)17-22-15(25-23-17)9-10-19-18(24)21-14-6-4-5-13-8-7-12(3)20-16(13)14/h4-8,11H,9-10H2,1-3H3,(H2,19,21,24). The van der Waals surface area contributed by atoms with Crippen molar-refractivity contribution in [3.63, 3.8) is 0 Å². The Morgan fingerprint density at radius 1 is 1.20 bits per heavy atom. The van der Waals surface area contributed by atoms with Gasteiger partial charge >= 0.3 is 6.03 Å². The topological polar surface area (TPSA) is 92.9 Å². The van der Waals surface area contributed by atoms with Crippen LogP contribution in [0.5, 0.6) is 0 Å². The van der Waals surface area contributed by atoms with Crippen molar-refractivity contribution in [2.45, 2.75) is 33.1 Å². The molecule has 0 fully saturated rings. The minimum Gasteiger partial charge on any atom is -0.339 e. The number of hydrogen-bond donors (Lipinski definition) is 2. The van der Waals surface area contributed by atoms with Gasteiger partial charge in [0.25, 0.3) is 0 Å². The average molecular weight is 339 g/mol. The van der Waals surface area contributed by atoms with Gasteiger partial charge in [-0.2, -0.15) is 4.98 Å². The molecule has 0 saturated heterocycles. The number of nitrogens with zero attached hydrogens (tertiary/aromatic N) is 3. The predicted molar refractivity (Wildman–Crippen MR) is 95.6 cm³/mol. The lowest BCUT2D eigenvalue weighted by Gasteiger charge is -2.09. The van der Waals surface area contributed by atoms with E-state index in [2.05, 4.69) is 25.8 Å². The second-order valence-corrected chi connectivity index (χ2v) is 6.16. The molecule has 2 aromatic heterocycles. The van der Waals surface area contributed by atoms with Gasteiger partial charge in [0.15, 0.2) is 5.82 Å². The Bertz CT molecular complexity index is 888. The minimum atomic E-state index is -0.292. The van der Waals surface area contributed by atoms with Gasteiger partial charge in [-0.1, -0.05) is 37.2 Å². The highest BCUT2D eigenvalue weighted by Gasteiger charge is 2.10. The summed E-state index contributed by atoms with van der Waals surface area (Å²) in [6.07, 6.45) is 0.486. The molecule has 3 rings (SSSR count). The molecule has 1 aromatic carbocycles. The van der Waals surface area contributed by atoms with Gasteiger partial charge in [0, 0.05) is 30.0 Å². The molecule has 0 saturated carbocycles. The molecule has 2 heterocycles. The Hall–Kier alpha value is -2.96. The number of carbonyl (C=O) groups is 1. The van der Waals surface area contributed by atoms with Crippen molar-refractivity contribution in [2.75, 3.05) is 11.9 Å². The molecule has 130 valence electrons. The maximum atomic E-state index is 12.1. The first-order chi connectivity index (χ1) is 12.0. The van der Waals surface area contributed by atoms with Crippen LogP contribution >= 0.6 is 0 Å². The van der Waals surface area contributed by atoms with Gasteiger partial charge in [-0.05, 0) is 19.1 Å². The first-order valence-electron chi connectivity index (χ1n) is 8.26. The maximum Gasteiger partial charge on any atom is 0.319 e. The normalized spacial score (nSPS) is 11.0. The molecule has 0 radical (unpaired) electrons. The first-order valence-corrected chi connectivity index (χ1v) is 8.26. The number of urea groups is 1. The summed E-state index contributed by atoms with van der Waals surface area (Å²) >= 11 is 0. The summed E-state index contributed by atoms with van der Waals surface area (Å²) in [6.45, 7) is 6.33. The van der Waals surface area contributed by atoms with Crippen LogP contribution in [0.15, 0.2) is 34.9 Å². The third kappa shape index (κ3) is 4.12. The number of aromatic nitrogens is 3. The summed E-state index contributed by atoms with van der Waals surface area (Å²) < 4.78 is 5.15. The Morgan fingerprint density at radius 2 is 2.04 bits per heavy atom. The van der Waals surface area contributed by atoms with E-state index in [1.165, 1.54) is 0 Å². The number of amides is 2. The number of carbonyl (C=O) groups excluding carboxylic acids is 1. The van der Waals surface area contributed by atoms with Crippen LogP contribution in [0.3, 0.4) is 0 Å². The fraction of sp³-hybridized carbons (Fsp3) is 0.333. The van der Waals surface area contributed by atoms with Crippen LogP contribution < -0.4 is 10.6 Å². The van der Waals surface area contributed by atoms with E-state index in [0.29, 0.717) is 30.4 Å². The molecule has 2 N–H and O–H groups in total. The van der Waals surface area contributed by atoms with E-state index in [-0.39, 0.29) is 11.9 Å². The van der Waals surface area contributed by atoms with E-state index >= 15 is 0 Å². The van der Waals surface area contributed by atoms with Crippen molar-refractivity contribution in [3.8, 4) is 0 Å². The smallest absolute Gasteiger partial charge is 0.319 e. The number of aryl methyl sites for hydroxylation is 1. The van der Waals surface area contributed by atoms with Crippen LogP contribution in [-0.2, 0) is 6.42 Å². The van der Waals surface area contributed by atoms with Crippen LogP contribution in [0.25, 0.3) is 10.9 Å². The number of nitrogens with one attached hydrogen (secondary N) is 2. The zero-order valence-corrected chi connectivity index (χ0v) is 14.5. The lowest BCUT2D eigenvalue weighted by molar-refractivity contribution is 0.252. The van der Waals surface area contributed by atoms with Crippen LogP contribution in [0, 0.1) is 6.92 Å². The van der Waals surface area contributed by atoms with Gasteiger partial charge in [0.05, 0.1) is 11.2 Å². The molecule has 0 aliphatic carbocycles. The number of rotatable bonds is 5. The van der Waals surface area contributed by atoms with Crippen LogP contribution in [0.4, 0.5) is 10.5 Å². The van der Waals surface area contributed by atoms with Crippen LogP contribution in [0.2, 0.25) is 0 Å². The summed E-state index contributed by atoms with van der Waals surface area (Å²) in [5.41, 5.74) is 2.36. The number of fused-ring (bicyclic) bond motifs is 1. The Kier molecular flexibility index (Phi) is 4.92. The summed E-state index contributed by atoms with van der Waals surface area (Å²) in [5, 5.41) is 10.5. The van der Waals surface area contributed by atoms with Crippen molar-refractivity contribution in [3.05, 3.63) is 47.7 Å². The Labute approximate surface area is 145 Å². The second kappa shape index (κ2) is 7.29. The molecule has 2 amide bonds. The lowest BCUT2D eigenvalue weighted by atomic mass is 10.2. The van der Waals surface area contributed by atoms with Gasteiger partial charge in [-0.25, -0.2) is 4.79 Å². The monoisotopic (exact) mass is 339 g/mol. The molecule has 25 heavy (non-hydrogen) atoms. The lowest BCUT2D eigenvalue weighted by Crippen LogP contribution is -2.30. The van der Waals surface area contributed by atoms with Crippen molar-refractivity contribution < 1.29 is 9.32 Å². The zero-order valence-electron chi connectivity index (χ0n) is 14.5. The number of benzene rings is 1. The second-order valence-electron chi connectivity index (χ2n) is 6.16. The average Bonchev–Trinajstić information content (AvgIpc) is 3.04. The predicted octanol–water partition coefficient (Wildman–Crippen LogP) is 3.41. The van der Waals surface area contributed by atoms with Crippen molar-refractivity contribution in [2.24, 2.45) is 0 Å². The third-order valence-electron chi connectivity index (χ3n) is 3.73. The quantitative estimate of drug-likeness (QED) is 0.743. The van der Waals surface area contributed by atoms with Crippen molar-refractivity contribution in [1.29, 1.82) is 0 Å². The minimum absolute atomic E-state index is 0.219. The van der Waals surface area contributed by atoms with Crippen molar-refractivity contribution in [1.82, 2.24) is 20.4 Å². The Balaban J connectivity index is 1.58. The van der Waals surface area contributed by atoms with E-state index in [4.69, 9.17) is 4.52 Å². The van der Waals surface area contributed by atoms with E-state index < -0.39 is 0 Å². The number of para-hydroxylation sites is 1. The molecule has 0 bridgehead atoms. The fourth-order valence-electron chi connectivity index (χ4n) is 2.40. The maximum absolute atomic E-state index is 12.1. The van der Waals surface area contributed by atoms with Crippen LogP contribution in [-0.4, -0.2) is 27.7 Å². The summed E-state index contributed by atoms with van der Waals surface area (Å²) in [4.78, 5) is 20.9. The van der Waals surface area contributed by atoms with E-state index in [1.54, 1.807) is 0 Å². The van der Waals surface area contributed by atoms with Gasteiger partial charge < -0.3 is 15.2 Å². The van der Waals surface area contributed by atoms with E-state index in [9.17, 15) is 4.79 Å². The van der Waals surface area contributed by atoms with Gasteiger partial charge in [0.2, 0.25) is 5.89 Å². The number of pyridine rings is 1. The third-order valence-corrected chi connectivity index (χ3v) is 3.73. The number of anilines is 1. The number of hydrogen-bond acceptors (Lipinski definition) is 5. The van der Waals surface area contributed by atoms with E-state index in [0.717, 1.165) is 16.6 Å². The molecule has 3 aromatic rings. The highest BCUT2D eigenvalue weighted by Crippen LogP contribution is 2.21. The first kappa shape index (κ1) is 16.9. The molecular weight excluding hydrogens is 318 g/mol. The molecule has 0 aliphatic rings. The van der Waals surface area contributed by atoms with Crippen molar-refractivity contribution >= 4 is 22.6 Å². The fourth-order valence-corrected chi connectivity index (χ4v) is 2.40. The molecular formula is C18H21N5O2.